The SMILES string of the molecule is CCOC(=O)c1ncc2ccccc2n1.COc1cccc(CNC(=O)c2ncc3ccccc3n2)c1. The highest BCUT2D eigenvalue weighted by molar-refractivity contribution is 5.92. The number of esters is 1. The monoisotopic (exact) mass is 495 g/mol. The van der Waals surface area contributed by atoms with E-state index in [-0.39, 0.29) is 17.6 Å². The first-order valence-electron chi connectivity index (χ1n) is 11.6. The zero-order valence-corrected chi connectivity index (χ0v) is 20.4. The third-order valence-corrected chi connectivity index (χ3v) is 5.23. The van der Waals surface area contributed by atoms with Crippen LogP contribution < -0.4 is 10.1 Å². The molecule has 1 amide bonds. The van der Waals surface area contributed by atoms with E-state index in [1.807, 2.05) is 72.8 Å². The van der Waals surface area contributed by atoms with Crippen LogP contribution in [0.2, 0.25) is 0 Å². The van der Waals surface area contributed by atoms with Crippen LogP contribution in [0.1, 0.15) is 33.7 Å². The summed E-state index contributed by atoms with van der Waals surface area (Å²) in [4.78, 5) is 39.9. The fourth-order valence-corrected chi connectivity index (χ4v) is 3.39. The molecule has 3 aromatic carbocycles. The first-order chi connectivity index (χ1) is 18.1. The standard InChI is InChI=1S/C17H15N3O2.C11H10N2O2/c1-22-14-7-4-5-12(9-14)10-19-17(21)16-18-11-13-6-2-3-8-15(13)20-16;1-2-15-11(14)10-12-7-8-5-3-4-6-9(8)13-10/h2-9,11H,10H2,1H3,(H,19,21);3-7H,2H2,1H3. The molecular formula is C28H25N5O4. The normalized spacial score (nSPS) is 10.3. The minimum Gasteiger partial charge on any atom is -0.497 e. The lowest BCUT2D eigenvalue weighted by molar-refractivity contribution is 0.0512. The molecule has 0 radical (unpaired) electrons. The van der Waals surface area contributed by atoms with Crippen molar-refractivity contribution in [2.45, 2.75) is 13.5 Å². The summed E-state index contributed by atoms with van der Waals surface area (Å²) in [5.41, 5.74) is 2.45. The van der Waals surface area contributed by atoms with E-state index in [4.69, 9.17) is 9.47 Å². The van der Waals surface area contributed by atoms with Gasteiger partial charge in [0.05, 0.1) is 24.8 Å². The van der Waals surface area contributed by atoms with Crippen molar-refractivity contribution in [2.75, 3.05) is 13.7 Å². The highest BCUT2D eigenvalue weighted by Crippen LogP contribution is 2.13. The van der Waals surface area contributed by atoms with Gasteiger partial charge in [-0.15, -0.1) is 0 Å². The van der Waals surface area contributed by atoms with Crippen molar-refractivity contribution < 1.29 is 19.1 Å². The number of rotatable bonds is 6. The van der Waals surface area contributed by atoms with Gasteiger partial charge in [0.2, 0.25) is 11.6 Å². The van der Waals surface area contributed by atoms with Crippen molar-refractivity contribution >= 4 is 33.7 Å². The molecule has 0 saturated carbocycles. The Balaban J connectivity index is 0.000000186. The third-order valence-electron chi connectivity index (χ3n) is 5.23. The van der Waals surface area contributed by atoms with Crippen LogP contribution in [0, 0.1) is 0 Å². The molecule has 2 heterocycles. The zero-order chi connectivity index (χ0) is 26.0. The first-order valence-corrected chi connectivity index (χ1v) is 11.6. The molecule has 0 atom stereocenters. The molecule has 9 heteroatoms. The van der Waals surface area contributed by atoms with Crippen molar-refractivity contribution in [3.63, 3.8) is 0 Å². The van der Waals surface area contributed by atoms with Gasteiger partial charge in [0.25, 0.3) is 5.91 Å². The van der Waals surface area contributed by atoms with E-state index in [1.165, 1.54) is 0 Å². The zero-order valence-electron chi connectivity index (χ0n) is 20.4. The summed E-state index contributed by atoms with van der Waals surface area (Å²) < 4.78 is 9.97. The number of hydrogen-bond donors (Lipinski definition) is 1. The molecule has 2 aromatic heterocycles. The topological polar surface area (TPSA) is 116 Å². The molecule has 5 rings (SSSR count). The summed E-state index contributed by atoms with van der Waals surface area (Å²) in [5.74, 6) is 0.252. The van der Waals surface area contributed by atoms with Gasteiger partial charge in [-0.3, -0.25) is 4.79 Å². The molecule has 0 spiro atoms. The summed E-state index contributed by atoms with van der Waals surface area (Å²) >= 11 is 0. The molecule has 186 valence electrons. The van der Waals surface area contributed by atoms with Gasteiger partial charge in [-0.2, -0.15) is 0 Å². The average Bonchev–Trinajstić information content (AvgIpc) is 2.96. The van der Waals surface area contributed by atoms with Gasteiger partial charge in [0.15, 0.2) is 0 Å². The minimum absolute atomic E-state index is 0.107. The Morgan fingerprint density at radius 2 is 1.43 bits per heavy atom. The van der Waals surface area contributed by atoms with E-state index in [2.05, 4.69) is 25.3 Å². The number of hydrogen-bond acceptors (Lipinski definition) is 8. The highest BCUT2D eigenvalue weighted by atomic mass is 16.5. The second-order valence-electron chi connectivity index (χ2n) is 7.76. The molecule has 1 N–H and O–H groups in total. The molecule has 0 aliphatic heterocycles. The van der Waals surface area contributed by atoms with Crippen LogP contribution in [0.3, 0.4) is 0 Å². The van der Waals surface area contributed by atoms with Crippen LogP contribution in [0.4, 0.5) is 0 Å². The number of carbonyl (C=O) groups excluding carboxylic acids is 2. The number of para-hydroxylation sites is 2. The van der Waals surface area contributed by atoms with Crippen molar-refractivity contribution in [2.24, 2.45) is 0 Å². The van der Waals surface area contributed by atoms with Crippen LogP contribution in [-0.4, -0.2) is 45.5 Å². The predicted molar refractivity (Wildman–Crippen MR) is 139 cm³/mol. The molecule has 37 heavy (non-hydrogen) atoms. The average molecular weight is 496 g/mol. The lowest BCUT2D eigenvalue weighted by Gasteiger charge is -2.06. The molecular weight excluding hydrogens is 470 g/mol. The van der Waals surface area contributed by atoms with Gasteiger partial charge in [-0.1, -0.05) is 48.5 Å². The Kier molecular flexibility index (Phi) is 8.28. The number of fused-ring (bicyclic) bond motifs is 2. The molecule has 0 saturated heterocycles. The van der Waals surface area contributed by atoms with Crippen molar-refractivity contribution in [1.82, 2.24) is 25.3 Å². The second kappa shape index (κ2) is 12.2. The highest BCUT2D eigenvalue weighted by Gasteiger charge is 2.11. The summed E-state index contributed by atoms with van der Waals surface area (Å²) in [7, 11) is 1.61. The number of aromatic nitrogens is 4. The van der Waals surface area contributed by atoms with Crippen LogP contribution in [0.15, 0.2) is 85.2 Å². The van der Waals surface area contributed by atoms with Crippen molar-refractivity contribution in [3.8, 4) is 5.75 Å². The number of nitrogens with zero attached hydrogens (tertiary/aromatic N) is 4. The first kappa shape index (κ1) is 25.2. The fraction of sp³-hybridized carbons (Fsp3) is 0.143. The second-order valence-corrected chi connectivity index (χ2v) is 7.76. The van der Waals surface area contributed by atoms with Crippen molar-refractivity contribution in [1.29, 1.82) is 0 Å². The Bertz CT molecular complexity index is 1540. The maximum atomic E-state index is 12.1. The lowest BCUT2D eigenvalue weighted by Crippen LogP contribution is -2.24. The molecule has 0 aliphatic carbocycles. The van der Waals surface area contributed by atoms with E-state index in [9.17, 15) is 9.59 Å². The number of amides is 1. The van der Waals surface area contributed by atoms with Crippen LogP contribution in [0.5, 0.6) is 5.75 Å². The maximum absolute atomic E-state index is 12.1. The van der Waals surface area contributed by atoms with Crippen LogP contribution >= 0.6 is 0 Å². The number of nitrogens with one attached hydrogen (secondary N) is 1. The Hall–Kier alpha value is -4.92. The third kappa shape index (κ3) is 6.61. The fourth-order valence-electron chi connectivity index (χ4n) is 3.39. The molecule has 9 nitrogen and oxygen atoms in total. The van der Waals surface area contributed by atoms with Gasteiger partial charge >= 0.3 is 5.97 Å². The molecule has 5 aromatic rings. The summed E-state index contributed by atoms with van der Waals surface area (Å²) in [6.07, 6.45) is 3.28. The minimum atomic E-state index is -0.483. The lowest BCUT2D eigenvalue weighted by atomic mass is 10.2. The summed E-state index contributed by atoms with van der Waals surface area (Å²) in [6, 6.07) is 22.6. The van der Waals surface area contributed by atoms with Crippen molar-refractivity contribution in [3.05, 3.63) is 102 Å². The van der Waals surface area contributed by atoms with Gasteiger partial charge in [0, 0.05) is 29.7 Å². The van der Waals surface area contributed by atoms with E-state index in [1.54, 1.807) is 26.4 Å². The van der Waals surface area contributed by atoms with Gasteiger partial charge in [-0.25, -0.2) is 24.7 Å². The smallest absolute Gasteiger partial charge is 0.376 e. The number of carbonyl (C=O) groups is 2. The molecule has 0 bridgehead atoms. The van der Waals surface area contributed by atoms with Gasteiger partial charge in [-0.05, 0) is 36.8 Å². The molecule has 0 fully saturated rings. The van der Waals surface area contributed by atoms with Gasteiger partial charge < -0.3 is 14.8 Å². The van der Waals surface area contributed by atoms with Crippen LogP contribution in [-0.2, 0) is 11.3 Å². The van der Waals surface area contributed by atoms with E-state index >= 15 is 0 Å². The summed E-state index contributed by atoms with van der Waals surface area (Å²) in [5, 5.41) is 4.63. The molecule has 0 unspecified atom stereocenters. The van der Waals surface area contributed by atoms with E-state index in [0.29, 0.717) is 13.2 Å². The van der Waals surface area contributed by atoms with Gasteiger partial charge in [0.1, 0.15) is 5.75 Å². The predicted octanol–water partition coefficient (Wildman–Crippen LogP) is 4.37. The molecule has 0 aliphatic rings. The quantitative estimate of drug-likeness (QED) is 0.345. The van der Waals surface area contributed by atoms with E-state index < -0.39 is 5.97 Å². The maximum Gasteiger partial charge on any atom is 0.376 e. The Morgan fingerprint density at radius 3 is 2.08 bits per heavy atom. The largest absolute Gasteiger partial charge is 0.497 e. The Morgan fingerprint density at radius 1 is 0.811 bits per heavy atom. The Labute approximate surface area is 213 Å². The van der Waals surface area contributed by atoms with Crippen LogP contribution in [0.25, 0.3) is 21.8 Å². The summed E-state index contributed by atoms with van der Waals surface area (Å²) in [6.45, 7) is 2.47. The number of methoxy groups -OCH3 is 1. The number of ether oxygens (including phenoxy) is 2. The number of benzene rings is 3. The van der Waals surface area contributed by atoms with E-state index in [0.717, 1.165) is 33.1 Å².